The largest absolute Gasteiger partial charge is 0.516 e. The van der Waals surface area contributed by atoms with Gasteiger partial charge in [0.05, 0.1) is 22.3 Å². The van der Waals surface area contributed by atoms with E-state index in [9.17, 15) is 15.8 Å². The topological polar surface area (TPSA) is 99.6 Å². The highest BCUT2D eigenvalue weighted by molar-refractivity contribution is 6.86. The normalized spacial score (nSPS) is 14.2. The molecule has 0 bridgehead atoms. The average Bonchev–Trinajstić information content (AvgIpc) is 2.85. The highest BCUT2D eigenvalue weighted by Gasteiger charge is 2.59. The Bertz CT molecular complexity index is 858. The molecule has 0 aromatic heterocycles. The minimum absolute atomic E-state index is 0.00217. The maximum absolute atomic E-state index is 9.45. The first kappa shape index (κ1) is 20.2. The van der Waals surface area contributed by atoms with Crippen LogP contribution in [0.1, 0.15) is 41.5 Å². The van der Waals surface area contributed by atoms with Crippen LogP contribution in [-0.2, 0) is 0 Å². The second-order valence-corrected chi connectivity index (χ2v) is 12.4. The van der Waals surface area contributed by atoms with Crippen molar-refractivity contribution in [2.45, 2.75) is 58.2 Å². The number of hydrogen-bond acceptors (Lipinski definition) is 4. The first-order valence-corrected chi connectivity index (χ1v) is 10.4. The standard InChI is InChI=1S/C19H22N5Si/c1-12(2)25(13(3)4,14(5)6)24-11-19-17(9-22)15(7-20)16(8-21)18(19)10-23/h12-14,22H,1-6H3/q+1. The number of hydrogen-bond donors (Lipinski definition) is 1. The van der Waals surface area contributed by atoms with Crippen molar-refractivity contribution < 1.29 is 0 Å². The van der Waals surface area contributed by atoms with Crippen LogP contribution >= 0.6 is 0 Å². The van der Waals surface area contributed by atoms with Crippen LogP contribution < -0.4 is 0 Å². The molecule has 1 N–H and O–H groups in total. The molecular formula is C19H22N5Si+. The molecule has 0 aromatic carbocycles. The fraction of sp³-hybridized carbons (Fsp3) is 0.474. The van der Waals surface area contributed by atoms with Gasteiger partial charge in [-0.1, -0.05) is 41.5 Å². The van der Waals surface area contributed by atoms with Crippen molar-refractivity contribution in [3.05, 3.63) is 32.4 Å². The summed E-state index contributed by atoms with van der Waals surface area (Å²) in [4.78, 5) is 0. The first-order chi connectivity index (χ1) is 11.7. The van der Waals surface area contributed by atoms with Gasteiger partial charge in [-0.05, 0) is 5.87 Å². The number of rotatable bonds is 3. The van der Waals surface area contributed by atoms with Gasteiger partial charge in [0.2, 0.25) is 0 Å². The van der Waals surface area contributed by atoms with E-state index in [0.717, 1.165) is 0 Å². The van der Waals surface area contributed by atoms with Crippen LogP contribution in [0.5, 0.6) is 0 Å². The van der Waals surface area contributed by atoms with Gasteiger partial charge in [0, 0.05) is 16.6 Å². The van der Waals surface area contributed by atoms with Gasteiger partial charge in [-0.3, -0.25) is 5.41 Å². The first-order valence-electron chi connectivity index (χ1n) is 8.20. The monoisotopic (exact) mass is 348 g/mol. The van der Waals surface area contributed by atoms with Crippen LogP contribution in [0, 0.1) is 45.5 Å². The molecule has 5 nitrogen and oxygen atoms in total. The fourth-order valence-electron chi connectivity index (χ4n) is 3.74. The Labute approximate surface area is 150 Å². The van der Waals surface area contributed by atoms with E-state index < -0.39 is 8.24 Å². The van der Waals surface area contributed by atoms with Gasteiger partial charge in [0.1, 0.15) is 23.8 Å². The fourth-order valence-corrected chi connectivity index (χ4v) is 8.82. The minimum atomic E-state index is -2.16. The number of nitrogens with one attached hydrogen (secondary N) is 1. The van der Waals surface area contributed by atoms with E-state index in [-0.39, 0.29) is 27.9 Å². The molecule has 0 amide bonds. The molecule has 0 unspecified atom stereocenters. The molecule has 0 atom stereocenters. The van der Waals surface area contributed by atoms with Gasteiger partial charge in [-0.2, -0.15) is 20.3 Å². The van der Waals surface area contributed by atoms with Crippen LogP contribution in [0.3, 0.4) is 0 Å². The zero-order valence-corrected chi connectivity index (χ0v) is 16.5. The van der Waals surface area contributed by atoms with E-state index in [1.165, 1.54) is 0 Å². The molecule has 6 heteroatoms. The summed E-state index contributed by atoms with van der Waals surface area (Å²) in [6.07, 6.45) is 0. The quantitative estimate of drug-likeness (QED) is 0.583. The van der Waals surface area contributed by atoms with Gasteiger partial charge in [0.25, 0.3) is 6.07 Å². The minimum Gasteiger partial charge on any atom is -0.258 e. The molecule has 0 heterocycles. The Morgan fingerprint density at radius 3 is 1.48 bits per heavy atom. The third-order valence-corrected chi connectivity index (χ3v) is 10.9. The summed E-state index contributed by atoms with van der Waals surface area (Å²) in [6.45, 7) is 12.9. The van der Waals surface area contributed by atoms with Gasteiger partial charge < -0.3 is 0 Å². The lowest BCUT2D eigenvalue weighted by Crippen LogP contribution is -2.41. The molecule has 0 radical (unpaired) electrons. The molecule has 0 saturated carbocycles. The molecule has 1 rings (SSSR count). The summed E-state index contributed by atoms with van der Waals surface area (Å²) < 4.78 is 4.86. The summed E-state index contributed by atoms with van der Waals surface area (Å²) in [7, 11) is -2.16. The van der Waals surface area contributed by atoms with Crippen molar-refractivity contribution >= 4 is 14.1 Å². The maximum atomic E-state index is 9.45. The summed E-state index contributed by atoms with van der Waals surface area (Å²) >= 11 is 0. The predicted molar refractivity (Wildman–Crippen MR) is 100 cm³/mol. The molecule has 126 valence electrons. The van der Waals surface area contributed by atoms with Crippen molar-refractivity contribution in [1.82, 2.24) is 0 Å². The van der Waals surface area contributed by atoms with Crippen LogP contribution in [0.15, 0.2) is 27.9 Å². The molecule has 0 spiro atoms. The molecule has 0 fully saturated rings. The van der Waals surface area contributed by atoms with E-state index in [1.54, 1.807) is 0 Å². The summed E-state index contributed by atoms with van der Waals surface area (Å²) in [6, 6.07) is 8.73. The van der Waals surface area contributed by atoms with E-state index in [0.29, 0.717) is 16.6 Å². The van der Waals surface area contributed by atoms with Crippen molar-refractivity contribution in [1.29, 1.82) is 21.2 Å². The molecule has 1 aliphatic carbocycles. The Hall–Kier alpha value is -2.89. The van der Waals surface area contributed by atoms with Crippen molar-refractivity contribution in [2.24, 2.45) is 0 Å². The van der Waals surface area contributed by atoms with Crippen LogP contribution in [-0.4, -0.2) is 14.1 Å². The van der Waals surface area contributed by atoms with Gasteiger partial charge in [-0.15, -0.1) is 0 Å². The summed E-state index contributed by atoms with van der Waals surface area (Å²) in [5, 5.41) is 35.5. The lowest BCUT2D eigenvalue weighted by molar-refractivity contribution is 0.832. The molecule has 0 aliphatic heterocycles. The van der Waals surface area contributed by atoms with Crippen LogP contribution in [0.2, 0.25) is 16.6 Å². The molecule has 0 aromatic rings. The Balaban J connectivity index is 3.74. The van der Waals surface area contributed by atoms with Crippen LogP contribution in [0.4, 0.5) is 0 Å². The smallest absolute Gasteiger partial charge is 0.258 e. The third kappa shape index (κ3) is 3.20. The second-order valence-electron chi connectivity index (χ2n) is 6.91. The Morgan fingerprint density at radius 2 is 1.16 bits per heavy atom. The second kappa shape index (κ2) is 7.79. The van der Waals surface area contributed by atoms with E-state index >= 15 is 0 Å². The van der Waals surface area contributed by atoms with Crippen molar-refractivity contribution in [2.75, 3.05) is 0 Å². The SMILES string of the molecule is CC(C)[Si]([N+]#CC1=C(C#N)C(C#N)=C(C#N)C1=C=N)(C(C)C)C(C)C. The van der Waals surface area contributed by atoms with Gasteiger partial charge in [-0.25, -0.2) is 0 Å². The van der Waals surface area contributed by atoms with Crippen LogP contribution in [0.25, 0.3) is 4.51 Å². The maximum Gasteiger partial charge on any atom is 0.516 e. The highest BCUT2D eigenvalue weighted by atomic mass is 28.3. The number of allylic oxidation sites excluding steroid dienone is 5. The number of nitrogens with zero attached hydrogens (tertiary/aromatic N) is 4. The van der Waals surface area contributed by atoms with E-state index in [2.05, 4.69) is 53.5 Å². The number of nitriles is 3. The third-order valence-electron chi connectivity index (χ3n) is 4.85. The highest BCUT2D eigenvalue weighted by Crippen LogP contribution is 2.43. The average molecular weight is 349 g/mol. The van der Waals surface area contributed by atoms with Crippen molar-refractivity contribution in [3.8, 4) is 24.3 Å². The molecule has 25 heavy (non-hydrogen) atoms. The summed E-state index contributed by atoms with van der Waals surface area (Å²) in [5.74, 6) is 2.19. The Kier molecular flexibility index (Phi) is 6.28. The van der Waals surface area contributed by atoms with E-state index in [4.69, 9.17) is 9.92 Å². The van der Waals surface area contributed by atoms with Crippen molar-refractivity contribution in [3.63, 3.8) is 0 Å². The van der Waals surface area contributed by atoms with Gasteiger partial charge in [0.15, 0.2) is 0 Å². The summed E-state index contributed by atoms with van der Waals surface area (Å²) in [5.41, 5.74) is 1.47. The zero-order valence-electron chi connectivity index (χ0n) is 15.5. The predicted octanol–water partition coefficient (Wildman–Crippen LogP) is 4.85. The van der Waals surface area contributed by atoms with E-state index in [1.807, 2.05) is 18.2 Å². The Morgan fingerprint density at radius 1 is 0.760 bits per heavy atom. The molecule has 0 saturated heterocycles. The lowest BCUT2D eigenvalue weighted by atomic mass is 10.1. The lowest BCUT2D eigenvalue weighted by Gasteiger charge is -2.24. The molecule has 1 aliphatic rings. The zero-order chi connectivity index (χ0) is 19.4. The molecular weight excluding hydrogens is 326 g/mol. The van der Waals surface area contributed by atoms with Gasteiger partial charge >= 0.3 is 8.24 Å².